The number of piperidine rings is 1. The monoisotopic (exact) mass is 307 g/mol. The molecule has 116 valence electrons. The summed E-state index contributed by atoms with van der Waals surface area (Å²) in [5, 5.41) is 6.34. The quantitative estimate of drug-likeness (QED) is 0.930. The summed E-state index contributed by atoms with van der Waals surface area (Å²) in [4.78, 5) is 19.0. The summed E-state index contributed by atoms with van der Waals surface area (Å²) in [5.74, 6) is 1.05. The Labute approximate surface area is 130 Å². The number of hydrogen-bond donors (Lipinski definition) is 1. The van der Waals surface area contributed by atoms with Gasteiger partial charge in [0.25, 0.3) is 0 Å². The fourth-order valence-corrected chi connectivity index (χ4v) is 4.58. The van der Waals surface area contributed by atoms with E-state index in [1.807, 2.05) is 11.3 Å². The van der Waals surface area contributed by atoms with E-state index >= 15 is 0 Å². The van der Waals surface area contributed by atoms with Crippen molar-refractivity contribution in [3.05, 3.63) is 16.1 Å². The molecular weight excluding hydrogens is 282 g/mol. The van der Waals surface area contributed by atoms with Gasteiger partial charge in [0.15, 0.2) is 0 Å². The molecule has 0 bridgehead atoms. The summed E-state index contributed by atoms with van der Waals surface area (Å²) < 4.78 is 0. The Kier molecular flexibility index (Phi) is 4.91. The van der Waals surface area contributed by atoms with E-state index in [-0.39, 0.29) is 11.8 Å². The Morgan fingerprint density at radius 3 is 2.95 bits per heavy atom. The molecule has 1 aromatic heterocycles. The summed E-state index contributed by atoms with van der Waals surface area (Å²) in [6.45, 7) is 2.86. The Morgan fingerprint density at radius 2 is 2.19 bits per heavy atom. The fourth-order valence-electron chi connectivity index (χ4n) is 3.60. The summed E-state index contributed by atoms with van der Waals surface area (Å²) in [6, 6.07) is 0. The van der Waals surface area contributed by atoms with Crippen LogP contribution in [0.1, 0.15) is 55.1 Å². The minimum Gasteiger partial charge on any atom is -0.359 e. The molecule has 1 aliphatic heterocycles. The van der Waals surface area contributed by atoms with Crippen LogP contribution >= 0.6 is 11.3 Å². The maximum atomic E-state index is 11.8. The smallest absolute Gasteiger partial charge is 0.224 e. The highest BCUT2D eigenvalue weighted by Crippen LogP contribution is 2.35. The summed E-state index contributed by atoms with van der Waals surface area (Å²) in [6.07, 6.45) is 7.47. The third kappa shape index (κ3) is 3.64. The lowest BCUT2D eigenvalue weighted by atomic mass is 9.97. The van der Waals surface area contributed by atoms with Crippen LogP contribution in [0.3, 0.4) is 0 Å². The van der Waals surface area contributed by atoms with Gasteiger partial charge in [-0.15, -0.1) is 11.3 Å². The summed E-state index contributed by atoms with van der Waals surface area (Å²) in [7, 11) is 1.73. The van der Waals surface area contributed by atoms with Crippen molar-refractivity contribution in [1.82, 2.24) is 15.2 Å². The number of hydrogen-bond acceptors (Lipinski definition) is 4. The van der Waals surface area contributed by atoms with Crippen molar-refractivity contribution in [2.24, 2.45) is 5.92 Å². The van der Waals surface area contributed by atoms with E-state index < -0.39 is 0 Å². The molecule has 2 aliphatic rings. The van der Waals surface area contributed by atoms with Gasteiger partial charge in [-0.2, -0.15) is 0 Å². The molecule has 0 aromatic carbocycles. The molecule has 5 heteroatoms. The number of thiazole rings is 1. The average Bonchev–Trinajstić information content (AvgIpc) is 3.17. The molecule has 1 atom stereocenters. The van der Waals surface area contributed by atoms with E-state index in [2.05, 4.69) is 15.6 Å². The normalized spacial score (nSPS) is 24.3. The minimum atomic E-state index is 0.150. The molecular formula is C16H25N3OS. The van der Waals surface area contributed by atoms with Crippen LogP contribution < -0.4 is 5.32 Å². The van der Waals surface area contributed by atoms with E-state index in [9.17, 15) is 4.79 Å². The van der Waals surface area contributed by atoms with Crippen molar-refractivity contribution in [1.29, 1.82) is 0 Å². The maximum absolute atomic E-state index is 11.8. The zero-order chi connectivity index (χ0) is 14.7. The van der Waals surface area contributed by atoms with Gasteiger partial charge >= 0.3 is 0 Å². The number of rotatable bonds is 4. The van der Waals surface area contributed by atoms with E-state index in [4.69, 9.17) is 4.98 Å². The van der Waals surface area contributed by atoms with E-state index in [1.165, 1.54) is 36.4 Å². The third-order valence-corrected chi connectivity index (χ3v) is 5.84. The lowest BCUT2D eigenvalue weighted by molar-refractivity contribution is -0.126. The molecule has 1 saturated heterocycles. The van der Waals surface area contributed by atoms with Gasteiger partial charge in [-0.25, -0.2) is 4.98 Å². The highest BCUT2D eigenvalue weighted by atomic mass is 32.1. The van der Waals surface area contributed by atoms with Gasteiger partial charge in [0.05, 0.1) is 16.6 Å². The first-order valence-electron chi connectivity index (χ1n) is 8.14. The van der Waals surface area contributed by atoms with Crippen LogP contribution in [0.2, 0.25) is 0 Å². The number of nitrogens with one attached hydrogen (secondary N) is 1. The zero-order valence-corrected chi connectivity index (χ0v) is 13.6. The Morgan fingerprint density at radius 1 is 1.38 bits per heavy atom. The largest absolute Gasteiger partial charge is 0.359 e. The van der Waals surface area contributed by atoms with Crippen LogP contribution in [0.15, 0.2) is 5.38 Å². The topological polar surface area (TPSA) is 45.2 Å². The van der Waals surface area contributed by atoms with Gasteiger partial charge in [0, 0.05) is 31.4 Å². The van der Waals surface area contributed by atoms with Crippen molar-refractivity contribution in [3.63, 3.8) is 0 Å². The van der Waals surface area contributed by atoms with Crippen molar-refractivity contribution in [2.75, 3.05) is 20.1 Å². The second kappa shape index (κ2) is 6.88. The van der Waals surface area contributed by atoms with Crippen LogP contribution in [-0.2, 0) is 11.3 Å². The Balaban J connectivity index is 1.57. The number of aromatic nitrogens is 1. The second-order valence-electron chi connectivity index (χ2n) is 6.35. The van der Waals surface area contributed by atoms with Gasteiger partial charge in [-0.3, -0.25) is 9.69 Å². The first-order valence-corrected chi connectivity index (χ1v) is 9.02. The zero-order valence-electron chi connectivity index (χ0n) is 12.8. The molecule has 2 fully saturated rings. The average molecular weight is 307 g/mol. The number of nitrogens with zero attached hydrogens (tertiary/aromatic N) is 2. The van der Waals surface area contributed by atoms with Crippen LogP contribution in [0, 0.1) is 5.92 Å². The predicted molar refractivity (Wildman–Crippen MR) is 85.4 cm³/mol. The fraction of sp³-hybridized carbons (Fsp3) is 0.750. The minimum absolute atomic E-state index is 0.150. The van der Waals surface area contributed by atoms with Gasteiger partial charge < -0.3 is 5.32 Å². The van der Waals surface area contributed by atoms with E-state index in [0.717, 1.165) is 32.5 Å². The second-order valence-corrected chi connectivity index (χ2v) is 7.24. The van der Waals surface area contributed by atoms with Crippen LogP contribution in [0.5, 0.6) is 0 Å². The predicted octanol–water partition coefficient (Wildman–Crippen LogP) is 2.76. The molecule has 3 rings (SSSR count). The lowest BCUT2D eigenvalue weighted by Gasteiger charge is -2.31. The van der Waals surface area contributed by atoms with E-state index in [1.54, 1.807) is 7.05 Å². The number of carbonyl (C=O) groups excluding carboxylic acids is 1. The molecule has 2 heterocycles. The van der Waals surface area contributed by atoms with Crippen LogP contribution in [0.25, 0.3) is 0 Å². The summed E-state index contributed by atoms with van der Waals surface area (Å²) >= 11 is 1.83. The van der Waals surface area contributed by atoms with E-state index in [0.29, 0.717) is 5.92 Å². The highest BCUT2D eigenvalue weighted by molar-refractivity contribution is 7.09. The van der Waals surface area contributed by atoms with Crippen molar-refractivity contribution in [2.45, 2.75) is 51.0 Å². The van der Waals surface area contributed by atoms with Gasteiger partial charge in [0.1, 0.15) is 0 Å². The standard InChI is InChI=1S/C16H25N3OS/c1-17-15(20)13-7-4-8-19(9-13)10-14-11-21-16(18-14)12-5-2-3-6-12/h11-13H,2-10H2,1H3,(H,17,20). The molecule has 1 amide bonds. The molecule has 1 saturated carbocycles. The van der Waals surface area contributed by atoms with Crippen LogP contribution in [0.4, 0.5) is 0 Å². The van der Waals surface area contributed by atoms with Crippen molar-refractivity contribution >= 4 is 17.2 Å². The number of likely N-dealkylation sites (tertiary alicyclic amines) is 1. The first kappa shape index (κ1) is 15.0. The van der Waals surface area contributed by atoms with Gasteiger partial charge in [-0.05, 0) is 32.2 Å². The highest BCUT2D eigenvalue weighted by Gasteiger charge is 2.26. The molecule has 4 nitrogen and oxygen atoms in total. The molecule has 1 aliphatic carbocycles. The number of carbonyl (C=O) groups is 1. The molecule has 1 N–H and O–H groups in total. The molecule has 0 spiro atoms. The molecule has 21 heavy (non-hydrogen) atoms. The molecule has 1 unspecified atom stereocenters. The molecule has 1 aromatic rings. The maximum Gasteiger partial charge on any atom is 0.224 e. The molecule has 0 radical (unpaired) electrons. The first-order chi connectivity index (χ1) is 10.3. The number of amides is 1. The summed E-state index contributed by atoms with van der Waals surface area (Å²) in [5.41, 5.74) is 1.19. The van der Waals surface area contributed by atoms with Gasteiger partial charge in [-0.1, -0.05) is 12.8 Å². The lowest BCUT2D eigenvalue weighted by Crippen LogP contribution is -2.41. The van der Waals surface area contributed by atoms with Gasteiger partial charge in [0.2, 0.25) is 5.91 Å². The Bertz CT molecular complexity index is 482. The van der Waals surface area contributed by atoms with Crippen LogP contribution in [-0.4, -0.2) is 35.9 Å². The van der Waals surface area contributed by atoms with Crippen molar-refractivity contribution in [3.8, 4) is 0 Å². The van der Waals surface area contributed by atoms with Crippen molar-refractivity contribution < 1.29 is 4.79 Å². The Hall–Kier alpha value is -0.940. The SMILES string of the molecule is CNC(=O)C1CCCN(Cc2csc(C3CCCC3)n2)C1. The third-order valence-electron chi connectivity index (χ3n) is 4.78.